The highest BCUT2D eigenvalue weighted by Crippen LogP contribution is 2.29. The van der Waals surface area contributed by atoms with Crippen molar-refractivity contribution in [2.24, 2.45) is 5.92 Å². The van der Waals surface area contributed by atoms with Crippen LogP contribution in [0.3, 0.4) is 0 Å². The molecule has 0 aliphatic heterocycles. The first-order valence-corrected chi connectivity index (χ1v) is 11.1. The zero-order chi connectivity index (χ0) is 19.2. The van der Waals surface area contributed by atoms with Gasteiger partial charge in [0.25, 0.3) is 0 Å². The topological polar surface area (TPSA) is 32.3 Å². The van der Waals surface area contributed by atoms with Crippen LogP contribution in [0.2, 0.25) is 4.34 Å². The van der Waals surface area contributed by atoms with Crippen LogP contribution in [-0.4, -0.2) is 13.0 Å². The number of hydrogen-bond donors (Lipinski definition) is 1. The third kappa shape index (κ3) is 5.98. The summed E-state index contributed by atoms with van der Waals surface area (Å²) in [5, 5.41) is 3.10. The predicted molar refractivity (Wildman–Crippen MR) is 117 cm³/mol. The fourth-order valence-corrected chi connectivity index (χ4v) is 4.95. The van der Waals surface area contributed by atoms with Crippen molar-refractivity contribution in [3.05, 3.63) is 45.1 Å². The average Bonchev–Trinajstić information content (AvgIpc) is 3.07. The van der Waals surface area contributed by atoms with Crippen molar-refractivity contribution in [1.29, 1.82) is 0 Å². The van der Waals surface area contributed by atoms with Crippen LogP contribution in [0.15, 0.2) is 30.3 Å². The number of thiophene rings is 1. The quantitative estimate of drug-likeness (QED) is 0.560. The fraction of sp³-hybridized carbons (Fsp3) is 0.500. The summed E-state index contributed by atoms with van der Waals surface area (Å²) in [5.74, 6) is 0.880. The first kappa shape index (κ1) is 20.2. The van der Waals surface area contributed by atoms with E-state index in [4.69, 9.17) is 11.6 Å². The Kier molecular flexibility index (Phi) is 7.20. The van der Waals surface area contributed by atoms with Crippen LogP contribution in [0.5, 0.6) is 0 Å². The highest BCUT2D eigenvalue weighted by Gasteiger charge is 2.15. The molecule has 1 heterocycles. The Bertz CT molecular complexity index is 767. The molecule has 0 saturated heterocycles. The van der Waals surface area contributed by atoms with Gasteiger partial charge in [-0.25, -0.2) is 0 Å². The molecule has 1 N–H and O–H groups in total. The van der Waals surface area contributed by atoms with Crippen molar-refractivity contribution in [2.75, 3.05) is 17.3 Å². The lowest BCUT2D eigenvalue weighted by Gasteiger charge is -2.21. The number of carbonyl (C=O) groups excluding carboxylic acids is 1. The first-order chi connectivity index (χ1) is 13.0. The normalized spacial score (nSPS) is 14.9. The summed E-state index contributed by atoms with van der Waals surface area (Å²) in [6.45, 7) is 2.88. The van der Waals surface area contributed by atoms with E-state index >= 15 is 0 Å². The number of amides is 1. The molecule has 1 saturated carbocycles. The molecule has 0 spiro atoms. The number of carbonyl (C=O) groups is 1. The van der Waals surface area contributed by atoms with Crippen molar-refractivity contribution in [1.82, 2.24) is 0 Å². The Hall–Kier alpha value is -1.52. The second-order valence-corrected chi connectivity index (χ2v) is 9.45. The largest absolute Gasteiger partial charge is 0.369 e. The van der Waals surface area contributed by atoms with Crippen molar-refractivity contribution < 1.29 is 4.79 Å². The van der Waals surface area contributed by atoms with Gasteiger partial charge in [-0.15, -0.1) is 11.3 Å². The number of aryl methyl sites for hydroxylation is 1. The zero-order valence-corrected chi connectivity index (χ0v) is 17.8. The SMILES string of the molecule is Cc1cc(N(C)Cc2ccc(Cl)s2)ccc1NC(=O)CCC1CCCCC1. The molecular weight excluding hydrogens is 376 g/mol. The molecule has 0 bridgehead atoms. The fourth-order valence-electron chi connectivity index (χ4n) is 3.81. The molecule has 3 rings (SSSR count). The summed E-state index contributed by atoms with van der Waals surface area (Å²) in [4.78, 5) is 15.8. The van der Waals surface area contributed by atoms with E-state index in [1.54, 1.807) is 11.3 Å². The lowest BCUT2D eigenvalue weighted by atomic mass is 9.86. The van der Waals surface area contributed by atoms with E-state index in [9.17, 15) is 4.79 Å². The minimum Gasteiger partial charge on any atom is -0.369 e. The third-order valence-electron chi connectivity index (χ3n) is 5.45. The Morgan fingerprint density at radius 2 is 2.00 bits per heavy atom. The van der Waals surface area contributed by atoms with Crippen LogP contribution in [0.4, 0.5) is 11.4 Å². The van der Waals surface area contributed by atoms with Crippen molar-refractivity contribution in [3.8, 4) is 0 Å². The summed E-state index contributed by atoms with van der Waals surface area (Å²) in [5.41, 5.74) is 3.15. The number of rotatable bonds is 7. The van der Waals surface area contributed by atoms with Gasteiger partial charge >= 0.3 is 0 Å². The number of hydrogen-bond acceptors (Lipinski definition) is 3. The van der Waals surface area contributed by atoms with Gasteiger partial charge in [-0.2, -0.15) is 0 Å². The van der Waals surface area contributed by atoms with E-state index in [1.165, 1.54) is 37.0 Å². The molecule has 1 fully saturated rings. The van der Waals surface area contributed by atoms with Gasteiger partial charge in [0.2, 0.25) is 5.91 Å². The van der Waals surface area contributed by atoms with Gasteiger partial charge in [0.05, 0.1) is 10.9 Å². The second kappa shape index (κ2) is 9.61. The Morgan fingerprint density at radius 3 is 2.67 bits per heavy atom. The van der Waals surface area contributed by atoms with Gasteiger partial charge in [-0.1, -0.05) is 43.7 Å². The summed E-state index contributed by atoms with van der Waals surface area (Å²) in [6, 6.07) is 10.2. The van der Waals surface area contributed by atoms with Gasteiger partial charge in [0.15, 0.2) is 0 Å². The molecule has 1 aromatic heterocycles. The molecule has 0 radical (unpaired) electrons. The molecule has 2 aromatic rings. The van der Waals surface area contributed by atoms with Gasteiger partial charge in [-0.3, -0.25) is 4.79 Å². The highest BCUT2D eigenvalue weighted by atomic mass is 35.5. The standard InChI is InChI=1S/C22H29ClN2OS/c1-16-14-18(25(2)15-19-10-12-21(23)27-19)9-11-20(16)24-22(26)13-8-17-6-4-3-5-7-17/h9-12,14,17H,3-8,13,15H2,1-2H3,(H,24,26). The molecule has 27 heavy (non-hydrogen) atoms. The molecule has 1 amide bonds. The molecule has 146 valence electrons. The van der Waals surface area contributed by atoms with Crippen LogP contribution in [-0.2, 0) is 11.3 Å². The number of nitrogens with one attached hydrogen (secondary N) is 1. The molecule has 3 nitrogen and oxygen atoms in total. The molecule has 1 aliphatic rings. The van der Waals surface area contributed by atoms with E-state index in [1.807, 2.05) is 12.1 Å². The molecule has 0 unspecified atom stereocenters. The van der Waals surface area contributed by atoms with E-state index in [0.29, 0.717) is 6.42 Å². The average molecular weight is 405 g/mol. The van der Waals surface area contributed by atoms with E-state index in [-0.39, 0.29) is 5.91 Å². The Labute approximate surface area is 171 Å². The first-order valence-electron chi connectivity index (χ1n) is 9.87. The number of halogens is 1. The van der Waals surface area contributed by atoms with E-state index < -0.39 is 0 Å². The molecule has 1 aromatic carbocycles. The number of nitrogens with zero attached hydrogens (tertiary/aromatic N) is 1. The van der Waals surface area contributed by atoms with Gasteiger partial charge in [-0.05, 0) is 55.2 Å². The maximum atomic E-state index is 12.3. The van der Waals surface area contributed by atoms with Crippen molar-refractivity contribution in [3.63, 3.8) is 0 Å². The minimum atomic E-state index is 0.137. The zero-order valence-electron chi connectivity index (χ0n) is 16.3. The van der Waals surface area contributed by atoms with Crippen LogP contribution in [0, 0.1) is 12.8 Å². The summed E-state index contributed by atoms with van der Waals surface area (Å²) < 4.78 is 0.820. The van der Waals surface area contributed by atoms with Crippen LogP contribution in [0.25, 0.3) is 0 Å². The van der Waals surface area contributed by atoms with E-state index in [0.717, 1.165) is 40.2 Å². The van der Waals surface area contributed by atoms with E-state index in [2.05, 4.69) is 42.4 Å². The molecular formula is C22H29ClN2OS. The molecule has 0 atom stereocenters. The van der Waals surface area contributed by atoms with Crippen molar-refractivity contribution >= 4 is 40.2 Å². The molecule has 1 aliphatic carbocycles. The second-order valence-electron chi connectivity index (χ2n) is 7.65. The molecule has 5 heteroatoms. The van der Waals surface area contributed by atoms with Crippen molar-refractivity contribution in [2.45, 2.75) is 58.4 Å². The summed E-state index contributed by atoms with van der Waals surface area (Å²) in [6.07, 6.45) is 8.27. The van der Waals surface area contributed by atoms with Gasteiger partial charge < -0.3 is 10.2 Å². The van der Waals surface area contributed by atoms with Crippen LogP contribution < -0.4 is 10.2 Å². The van der Waals surface area contributed by atoms with Crippen LogP contribution >= 0.6 is 22.9 Å². The lowest BCUT2D eigenvalue weighted by Crippen LogP contribution is -2.17. The smallest absolute Gasteiger partial charge is 0.224 e. The number of anilines is 2. The Balaban J connectivity index is 1.53. The minimum absolute atomic E-state index is 0.137. The highest BCUT2D eigenvalue weighted by molar-refractivity contribution is 7.16. The summed E-state index contributed by atoms with van der Waals surface area (Å²) >= 11 is 7.63. The number of benzene rings is 1. The summed E-state index contributed by atoms with van der Waals surface area (Å²) in [7, 11) is 2.07. The van der Waals surface area contributed by atoms with Crippen LogP contribution in [0.1, 0.15) is 55.4 Å². The lowest BCUT2D eigenvalue weighted by molar-refractivity contribution is -0.116. The maximum absolute atomic E-state index is 12.3. The van der Waals surface area contributed by atoms with Gasteiger partial charge in [0, 0.05) is 29.7 Å². The monoisotopic (exact) mass is 404 g/mol. The third-order valence-corrected chi connectivity index (χ3v) is 6.67. The maximum Gasteiger partial charge on any atom is 0.224 e. The van der Waals surface area contributed by atoms with Gasteiger partial charge in [0.1, 0.15) is 0 Å². The predicted octanol–water partition coefficient (Wildman–Crippen LogP) is 6.65. The Morgan fingerprint density at radius 1 is 1.22 bits per heavy atom.